The summed E-state index contributed by atoms with van der Waals surface area (Å²) in [6.07, 6.45) is 7.81. The Kier molecular flexibility index (Phi) is 14.8. The molecule has 2 aliphatic heterocycles. The van der Waals surface area contributed by atoms with E-state index in [1.165, 1.54) is 0 Å². The van der Waals surface area contributed by atoms with Gasteiger partial charge in [-0.05, 0) is 69.7 Å². The molecule has 1 atom stereocenters. The Hall–Kier alpha value is -3.27. The number of ketones is 1. The number of nitrogens with zero attached hydrogens (tertiary/aromatic N) is 2. The molecule has 246 valence electrons. The second-order valence-electron chi connectivity index (χ2n) is 12.4. The summed E-state index contributed by atoms with van der Waals surface area (Å²) in [6, 6.07) is 17.8. The number of likely N-dealkylation sites (tertiary alicyclic amines) is 2. The van der Waals surface area contributed by atoms with Gasteiger partial charge in [0.1, 0.15) is 11.9 Å². The molecule has 0 aliphatic carbocycles. The monoisotopic (exact) mass is 619 g/mol. The van der Waals surface area contributed by atoms with Gasteiger partial charge >= 0.3 is 6.09 Å². The van der Waals surface area contributed by atoms with Gasteiger partial charge in [-0.15, -0.1) is 0 Å². The minimum atomic E-state index is -0.413. The molecule has 0 bridgehead atoms. The number of carbonyl (C=O) groups excluding carboxylic acids is 3. The number of hydrogen-bond acceptors (Lipinski definition) is 7. The van der Waals surface area contributed by atoms with Crippen LogP contribution in [-0.4, -0.2) is 92.6 Å². The lowest BCUT2D eigenvalue weighted by atomic mass is 9.96. The van der Waals surface area contributed by atoms with Crippen molar-refractivity contribution in [1.82, 2.24) is 20.4 Å². The highest BCUT2D eigenvalue weighted by molar-refractivity contribution is 5.91. The van der Waals surface area contributed by atoms with Gasteiger partial charge in [0.05, 0.1) is 18.2 Å². The van der Waals surface area contributed by atoms with Crippen LogP contribution >= 0.6 is 0 Å². The molecule has 0 spiro atoms. The summed E-state index contributed by atoms with van der Waals surface area (Å²) < 4.78 is 5.75. The lowest BCUT2D eigenvalue weighted by Gasteiger charge is -2.32. The molecular formula is C36H53N5O4. The number of rotatable bonds is 17. The number of benzene rings is 2. The molecule has 2 aromatic rings. The van der Waals surface area contributed by atoms with Gasteiger partial charge in [-0.3, -0.25) is 14.9 Å². The Morgan fingerprint density at radius 2 is 1.62 bits per heavy atom. The first-order chi connectivity index (χ1) is 22.0. The van der Waals surface area contributed by atoms with E-state index in [-0.39, 0.29) is 23.7 Å². The average Bonchev–Trinajstić information content (AvgIpc) is 3.07. The molecule has 2 aromatic carbocycles. The number of unbranched alkanes of at least 4 members (excludes halogenated alkanes) is 2. The summed E-state index contributed by atoms with van der Waals surface area (Å²) >= 11 is 0. The zero-order chi connectivity index (χ0) is 31.7. The third-order valence-electron chi connectivity index (χ3n) is 8.84. The van der Waals surface area contributed by atoms with Crippen molar-refractivity contribution in [2.24, 2.45) is 5.92 Å². The van der Waals surface area contributed by atoms with Gasteiger partial charge in [0, 0.05) is 51.3 Å². The lowest BCUT2D eigenvalue weighted by Crippen LogP contribution is -2.43. The molecule has 0 aromatic heterocycles. The summed E-state index contributed by atoms with van der Waals surface area (Å²) in [5.41, 5.74) is 2.75. The number of piperidine rings is 2. The molecule has 2 fully saturated rings. The Balaban J connectivity index is 1.01. The molecule has 0 radical (unpaired) electrons. The van der Waals surface area contributed by atoms with Crippen LogP contribution in [-0.2, 0) is 14.3 Å². The van der Waals surface area contributed by atoms with Gasteiger partial charge in [-0.2, -0.15) is 0 Å². The highest BCUT2D eigenvalue weighted by Gasteiger charge is 2.25. The van der Waals surface area contributed by atoms with Gasteiger partial charge in [0.15, 0.2) is 0 Å². The van der Waals surface area contributed by atoms with Crippen molar-refractivity contribution in [3.05, 3.63) is 54.6 Å². The van der Waals surface area contributed by atoms with Gasteiger partial charge in [0.25, 0.3) is 0 Å². The van der Waals surface area contributed by atoms with E-state index in [0.717, 1.165) is 121 Å². The fourth-order valence-corrected chi connectivity index (χ4v) is 6.26. The predicted octanol–water partition coefficient (Wildman–Crippen LogP) is 5.32. The lowest BCUT2D eigenvalue weighted by molar-refractivity contribution is -0.126. The summed E-state index contributed by atoms with van der Waals surface area (Å²) in [4.78, 5) is 42.1. The van der Waals surface area contributed by atoms with E-state index in [9.17, 15) is 14.4 Å². The van der Waals surface area contributed by atoms with Crippen LogP contribution in [0.1, 0.15) is 64.7 Å². The molecule has 1 unspecified atom stereocenters. The van der Waals surface area contributed by atoms with Gasteiger partial charge < -0.3 is 25.2 Å². The van der Waals surface area contributed by atoms with E-state index < -0.39 is 6.09 Å². The number of carbonyl (C=O) groups is 3. The van der Waals surface area contributed by atoms with E-state index in [2.05, 4.69) is 32.7 Å². The number of hydrogen-bond donors (Lipinski definition) is 3. The van der Waals surface area contributed by atoms with E-state index in [4.69, 9.17) is 4.74 Å². The number of Topliss-reactive ketones (excluding diaryl/α,β-unsaturated/α-hetero) is 1. The highest BCUT2D eigenvalue weighted by Crippen LogP contribution is 2.28. The number of para-hydroxylation sites is 1. The minimum Gasteiger partial charge on any atom is -0.446 e. The molecule has 4 rings (SSSR count). The van der Waals surface area contributed by atoms with Gasteiger partial charge in [-0.1, -0.05) is 61.9 Å². The van der Waals surface area contributed by atoms with Crippen LogP contribution in [0.2, 0.25) is 0 Å². The zero-order valence-electron chi connectivity index (χ0n) is 27.1. The van der Waals surface area contributed by atoms with Crippen molar-refractivity contribution in [3.63, 3.8) is 0 Å². The molecule has 0 saturated carbocycles. The minimum absolute atomic E-state index is 0.0960. The SMILES string of the molecule is CCCNC(=O)C1CCCN(CCCCCC(=O)CNCCN2CCC(OC(=O)Nc3ccccc3-c3ccccc3)CC2)C1. The van der Waals surface area contributed by atoms with Crippen molar-refractivity contribution < 1.29 is 19.1 Å². The number of nitrogens with one attached hydrogen (secondary N) is 3. The number of ether oxygens (including phenoxy) is 1. The van der Waals surface area contributed by atoms with Crippen LogP contribution in [0.25, 0.3) is 11.1 Å². The Labute approximate surface area is 269 Å². The van der Waals surface area contributed by atoms with Crippen molar-refractivity contribution >= 4 is 23.5 Å². The Morgan fingerprint density at radius 3 is 2.42 bits per heavy atom. The van der Waals surface area contributed by atoms with Crippen LogP contribution in [0, 0.1) is 5.92 Å². The smallest absolute Gasteiger partial charge is 0.411 e. The fourth-order valence-electron chi connectivity index (χ4n) is 6.26. The maximum atomic E-state index is 12.7. The third-order valence-corrected chi connectivity index (χ3v) is 8.84. The molecule has 9 heteroatoms. The standard InChI is InChI=1S/C36H53N5O4/c1-2-20-38-35(43)30-14-11-23-41(28-30)22-10-4-7-15-31(42)27-37-21-26-40-24-18-32(19-25-40)45-36(44)39-34-17-9-8-16-33(34)29-12-5-3-6-13-29/h3,5-6,8-9,12-13,16-17,30,32,37H,2,4,7,10-11,14-15,18-28H2,1H3,(H,38,43)(H,39,44). The van der Waals surface area contributed by atoms with Crippen molar-refractivity contribution in [3.8, 4) is 11.1 Å². The topological polar surface area (TPSA) is 103 Å². The second kappa shape index (κ2) is 19.3. The molecule has 2 amide bonds. The largest absolute Gasteiger partial charge is 0.446 e. The van der Waals surface area contributed by atoms with E-state index >= 15 is 0 Å². The maximum absolute atomic E-state index is 12.7. The van der Waals surface area contributed by atoms with Gasteiger partial charge in [-0.25, -0.2) is 4.79 Å². The van der Waals surface area contributed by atoms with Crippen molar-refractivity contribution in [2.75, 3.05) is 64.2 Å². The Morgan fingerprint density at radius 1 is 0.844 bits per heavy atom. The third kappa shape index (κ3) is 12.2. The predicted molar refractivity (Wildman–Crippen MR) is 180 cm³/mol. The van der Waals surface area contributed by atoms with Crippen LogP contribution in [0.4, 0.5) is 10.5 Å². The molecule has 9 nitrogen and oxygen atoms in total. The van der Waals surface area contributed by atoms with Crippen molar-refractivity contribution in [2.45, 2.75) is 70.8 Å². The summed E-state index contributed by atoms with van der Waals surface area (Å²) in [6.45, 7) is 9.61. The fraction of sp³-hybridized carbons (Fsp3) is 0.583. The summed E-state index contributed by atoms with van der Waals surface area (Å²) in [5.74, 6) is 0.602. The summed E-state index contributed by atoms with van der Waals surface area (Å²) in [5, 5.41) is 9.29. The van der Waals surface area contributed by atoms with Crippen LogP contribution in [0.3, 0.4) is 0 Å². The first kappa shape index (κ1) is 34.6. The maximum Gasteiger partial charge on any atom is 0.411 e. The second-order valence-corrected chi connectivity index (χ2v) is 12.4. The van der Waals surface area contributed by atoms with Crippen molar-refractivity contribution in [1.29, 1.82) is 0 Å². The average molecular weight is 620 g/mol. The zero-order valence-corrected chi connectivity index (χ0v) is 27.1. The number of amides is 2. The Bertz CT molecular complexity index is 1180. The quantitative estimate of drug-likeness (QED) is 0.206. The summed E-state index contributed by atoms with van der Waals surface area (Å²) in [7, 11) is 0. The highest BCUT2D eigenvalue weighted by atomic mass is 16.6. The molecule has 2 saturated heterocycles. The molecular weight excluding hydrogens is 566 g/mol. The van der Waals surface area contributed by atoms with Gasteiger partial charge in [0.2, 0.25) is 5.91 Å². The molecule has 45 heavy (non-hydrogen) atoms. The first-order valence-corrected chi connectivity index (χ1v) is 17.1. The molecule has 2 heterocycles. The van der Waals surface area contributed by atoms with Crippen LogP contribution < -0.4 is 16.0 Å². The molecule has 2 aliphatic rings. The normalized spacial score (nSPS) is 17.9. The van der Waals surface area contributed by atoms with E-state index in [1.807, 2.05) is 54.6 Å². The van der Waals surface area contributed by atoms with E-state index in [1.54, 1.807) is 0 Å². The van der Waals surface area contributed by atoms with Crippen LogP contribution in [0.15, 0.2) is 54.6 Å². The number of anilines is 1. The van der Waals surface area contributed by atoms with Crippen LogP contribution in [0.5, 0.6) is 0 Å². The first-order valence-electron chi connectivity index (χ1n) is 17.1. The molecule has 3 N–H and O–H groups in total. The van der Waals surface area contributed by atoms with E-state index in [0.29, 0.717) is 13.0 Å².